The third-order valence-electron chi connectivity index (χ3n) is 5.22. The Hall–Kier alpha value is -4.35. The summed E-state index contributed by atoms with van der Waals surface area (Å²) in [5.74, 6) is 0.182. The van der Waals surface area contributed by atoms with Crippen LogP contribution in [0, 0.1) is 13.8 Å². The van der Waals surface area contributed by atoms with E-state index >= 15 is 0 Å². The summed E-state index contributed by atoms with van der Waals surface area (Å²) < 4.78 is 60.1. The zero-order chi connectivity index (χ0) is 27.3. The summed E-state index contributed by atoms with van der Waals surface area (Å²) in [6.07, 6.45) is 0. The summed E-state index contributed by atoms with van der Waals surface area (Å²) in [7, 11) is -7.98. The lowest BCUT2D eigenvalue weighted by Crippen LogP contribution is -2.19. The van der Waals surface area contributed by atoms with Crippen molar-refractivity contribution < 1.29 is 30.0 Å². The van der Waals surface area contributed by atoms with Gasteiger partial charge in [-0.3, -0.25) is 0 Å². The van der Waals surface area contributed by atoms with Gasteiger partial charge in [-0.15, -0.1) is 0 Å². The molecule has 2 amide bonds. The molecule has 0 heterocycles. The molecule has 0 radical (unpaired) electrons. The van der Waals surface area contributed by atoms with E-state index in [1.165, 1.54) is 72.8 Å². The van der Waals surface area contributed by atoms with E-state index < -0.39 is 26.3 Å². The van der Waals surface area contributed by atoms with Gasteiger partial charge in [0.1, 0.15) is 21.3 Å². The van der Waals surface area contributed by atoms with E-state index in [4.69, 9.17) is 8.37 Å². The number of urea groups is 1. The topological polar surface area (TPSA) is 128 Å². The minimum absolute atomic E-state index is 0.0360. The molecule has 11 heteroatoms. The highest BCUT2D eigenvalue weighted by Gasteiger charge is 2.18. The Morgan fingerprint density at radius 2 is 1.05 bits per heavy atom. The second kappa shape index (κ2) is 11.0. The highest BCUT2D eigenvalue weighted by molar-refractivity contribution is 7.87. The van der Waals surface area contributed by atoms with Gasteiger partial charge in [-0.25, -0.2) is 4.79 Å². The molecule has 4 aromatic rings. The van der Waals surface area contributed by atoms with Gasteiger partial charge in [0, 0.05) is 11.4 Å². The van der Waals surface area contributed by atoms with Crippen molar-refractivity contribution in [3.63, 3.8) is 0 Å². The van der Waals surface area contributed by atoms with E-state index in [0.29, 0.717) is 11.4 Å². The SMILES string of the molecule is Cc1ccc(S(=O)(=O)Oc2ccc(NC(=O)Nc3ccc(OS(=O)(=O)c4cccc(C)c4)cc3)cc2)cc1. The molecule has 0 aliphatic carbocycles. The summed E-state index contributed by atoms with van der Waals surface area (Å²) >= 11 is 0. The molecule has 0 bridgehead atoms. The van der Waals surface area contributed by atoms with Crippen LogP contribution in [0.3, 0.4) is 0 Å². The highest BCUT2D eigenvalue weighted by atomic mass is 32.2. The van der Waals surface area contributed by atoms with Gasteiger partial charge in [0.05, 0.1) is 0 Å². The number of carbonyl (C=O) groups excluding carboxylic acids is 1. The maximum atomic E-state index is 12.5. The van der Waals surface area contributed by atoms with E-state index in [1.807, 2.05) is 6.92 Å². The Balaban J connectivity index is 1.33. The fourth-order valence-electron chi connectivity index (χ4n) is 3.31. The Kier molecular flexibility index (Phi) is 7.70. The highest BCUT2D eigenvalue weighted by Crippen LogP contribution is 2.23. The Labute approximate surface area is 221 Å². The van der Waals surface area contributed by atoms with Crippen LogP contribution < -0.4 is 19.0 Å². The second-order valence-electron chi connectivity index (χ2n) is 8.33. The van der Waals surface area contributed by atoms with Crippen molar-refractivity contribution in [2.75, 3.05) is 10.6 Å². The Morgan fingerprint density at radius 1 is 0.579 bits per heavy atom. The number of amides is 2. The molecule has 0 atom stereocenters. The Bertz CT molecular complexity index is 1650. The lowest BCUT2D eigenvalue weighted by Gasteiger charge is -2.11. The van der Waals surface area contributed by atoms with E-state index in [0.717, 1.165) is 11.1 Å². The molecule has 0 aliphatic heterocycles. The van der Waals surface area contributed by atoms with Crippen molar-refractivity contribution in [2.45, 2.75) is 23.6 Å². The summed E-state index contributed by atoms with van der Waals surface area (Å²) in [5.41, 5.74) is 2.50. The first-order valence-electron chi connectivity index (χ1n) is 11.3. The summed E-state index contributed by atoms with van der Waals surface area (Å²) in [6, 6.07) is 23.7. The molecule has 0 aromatic heterocycles. The normalized spacial score (nSPS) is 11.4. The fraction of sp³-hybridized carbons (Fsp3) is 0.0741. The van der Waals surface area contributed by atoms with E-state index in [2.05, 4.69) is 10.6 Å². The van der Waals surface area contributed by atoms with Gasteiger partial charge in [0.25, 0.3) is 0 Å². The largest absolute Gasteiger partial charge is 0.379 e. The first-order chi connectivity index (χ1) is 18.0. The molecule has 9 nitrogen and oxygen atoms in total. The molecule has 2 N–H and O–H groups in total. The molecule has 0 saturated heterocycles. The quantitative estimate of drug-likeness (QED) is 0.277. The van der Waals surface area contributed by atoms with Crippen molar-refractivity contribution in [1.29, 1.82) is 0 Å². The second-order valence-corrected chi connectivity index (χ2v) is 11.4. The number of benzene rings is 4. The molecule has 0 spiro atoms. The number of aryl methyl sites for hydroxylation is 2. The van der Waals surface area contributed by atoms with Crippen LogP contribution in [0.4, 0.5) is 16.2 Å². The summed E-state index contributed by atoms with van der Waals surface area (Å²) in [6.45, 7) is 3.63. The van der Waals surface area contributed by atoms with E-state index in [9.17, 15) is 21.6 Å². The van der Waals surface area contributed by atoms with Gasteiger partial charge in [-0.2, -0.15) is 16.8 Å². The van der Waals surface area contributed by atoms with Gasteiger partial charge < -0.3 is 19.0 Å². The van der Waals surface area contributed by atoms with Crippen LogP contribution in [0.2, 0.25) is 0 Å². The molecular formula is C27H24N2O7S2. The van der Waals surface area contributed by atoms with Crippen molar-refractivity contribution in [3.8, 4) is 11.5 Å². The van der Waals surface area contributed by atoms with Crippen LogP contribution in [0.15, 0.2) is 107 Å². The number of carbonyl (C=O) groups is 1. The fourth-order valence-corrected chi connectivity index (χ4v) is 5.27. The average molecular weight is 553 g/mol. The van der Waals surface area contributed by atoms with E-state index in [-0.39, 0.29) is 21.3 Å². The van der Waals surface area contributed by atoms with Gasteiger partial charge in [-0.05, 0) is 92.2 Å². The Morgan fingerprint density at radius 3 is 1.53 bits per heavy atom. The van der Waals surface area contributed by atoms with Crippen LogP contribution in [0.25, 0.3) is 0 Å². The number of rotatable bonds is 8. The predicted octanol–water partition coefficient (Wildman–Crippen LogP) is 5.48. The molecule has 0 aliphatic rings. The van der Waals surface area contributed by atoms with Gasteiger partial charge in [-0.1, -0.05) is 29.8 Å². The van der Waals surface area contributed by atoms with Crippen molar-refractivity contribution in [3.05, 3.63) is 108 Å². The summed E-state index contributed by atoms with van der Waals surface area (Å²) in [4.78, 5) is 12.4. The van der Waals surface area contributed by atoms with E-state index in [1.54, 1.807) is 31.2 Å². The van der Waals surface area contributed by atoms with Crippen LogP contribution in [-0.4, -0.2) is 22.9 Å². The molecule has 0 saturated carbocycles. The average Bonchev–Trinajstić information content (AvgIpc) is 2.86. The molecule has 0 fully saturated rings. The van der Waals surface area contributed by atoms with Crippen LogP contribution in [0.5, 0.6) is 11.5 Å². The molecule has 196 valence electrons. The minimum atomic E-state index is -3.99. The molecular weight excluding hydrogens is 528 g/mol. The zero-order valence-corrected chi connectivity index (χ0v) is 22.0. The summed E-state index contributed by atoms with van der Waals surface area (Å²) in [5, 5.41) is 5.23. The van der Waals surface area contributed by atoms with Crippen LogP contribution in [-0.2, 0) is 20.2 Å². The molecule has 38 heavy (non-hydrogen) atoms. The molecule has 0 unspecified atom stereocenters. The number of anilines is 2. The van der Waals surface area contributed by atoms with Crippen LogP contribution >= 0.6 is 0 Å². The number of hydrogen-bond acceptors (Lipinski definition) is 7. The number of hydrogen-bond donors (Lipinski definition) is 2. The van der Waals surface area contributed by atoms with Crippen LogP contribution in [0.1, 0.15) is 11.1 Å². The van der Waals surface area contributed by atoms with Gasteiger partial charge in [0.2, 0.25) is 0 Å². The van der Waals surface area contributed by atoms with Gasteiger partial charge >= 0.3 is 26.3 Å². The standard InChI is InChI=1S/C27H24N2O7S2/c1-19-6-16-25(17-7-19)37(31,32)35-23-12-8-21(9-13-23)28-27(30)29-22-10-14-24(15-11-22)36-38(33,34)26-5-3-4-20(2)18-26/h3-18H,1-2H3,(H2,28,29,30). The maximum Gasteiger partial charge on any atom is 0.339 e. The lowest BCUT2D eigenvalue weighted by molar-refractivity contribution is 0.262. The van der Waals surface area contributed by atoms with Crippen molar-refractivity contribution in [2.24, 2.45) is 0 Å². The van der Waals surface area contributed by atoms with Crippen molar-refractivity contribution >= 4 is 37.6 Å². The van der Waals surface area contributed by atoms with Crippen molar-refractivity contribution in [1.82, 2.24) is 0 Å². The third kappa shape index (κ3) is 6.90. The monoisotopic (exact) mass is 552 g/mol. The predicted molar refractivity (Wildman–Crippen MR) is 144 cm³/mol. The number of nitrogens with one attached hydrogen (secondary N) is 2. The maximum absolute atomic E-state index is 12.5. The minimum Gasteiger partial charge on any atom is -0.379 e. The molecule has 4 aromatic carbocycles. The zero-order valence-electron chi connectivity index (χ0n) is 20.4. The third-order valence-corrected chi connectivity index (χ3v) is 7.73. The molecule has 4 rings (SSSR count). The first kappa shape index (κ1) is 26.7. The smallest absolute Gasteiger partial charge is 0.339 e. The van der Waals surface area contributed by atoms with Gasteiger partial charge in [0.15, 0.2) is 0 Å². The first-order valence-corrected chi connectivity index (χ1v) is 14.1. The lowest BCUT2D eigenvalue weighted by atomic mass is 10.2.